The second-order valence-corrected chi connectivity index (χ2v) is 5.74. The molecule has 0 radical (unpaired) electrons. The van der Waals surface area contributed by atoms with Crippen molar-refractivity contribution in [3.63, 3.8) is 0 Å². The van der Waals surface area contributed by atoms with Crippen molar-refractivity contribution in [3.8, 4) is 0 Å². The molecule has 2 N–H and O–H groups in total. The van der Waals surface area contributed by atoms with E-state index >= 15 is 0 Å². The summed E-state index contributed by atoms with van der Waals surface area (Å²) < 4.78 is 13.2. The van der Waals surface area contributed by atoms with Crippen molar-refractivity contribution in [1.29, 1.82) is 0 Å². The molecule has 5 heteroatoms. The lowest BCUT2D eigenvalue weighted by molar-refractivity contribution is -0.129. The van der Waals surface area contributed by atoms with E-state index in [2.05, 4.69) is 6.92 Å². The lowest BCUT2D eigenvalue weighted by Gasteiger charge is -2.45. The van der Waals surface area contributed by atoms with Gasteiger partial charge in [-0.2, -0.15) is 0 Å². The van der Waals surface area contributed by atoms with Gasteiger partial charge in [-0.1, -0.05) is 25.2 Å². The molecule has 0 saturated heterocycles. The van der Waals surface area contributed by atoms with Gasteiger partial charge in [0, 0.05) is 12.7 Å². The van der Waals surface area contributed by atoms with Crippen molar-refractivity contribution in [3.05, 3.63) is 30.1 Å². The Hall–Kier alpha value is -1.49. The summed E-state index contributed by atoms with van der Waals surface area (Å²) >= 11 is 5.06. The first-order valence-electron chi connectivity index (χ1n) is 6.20. The number of hydrogen-bond acceptors (Lipinski definition) is 2. The van der Waals surface area contributed by atoms with Crippen LogP contribution in [0.1, 0.15) is 19.8 Å². The van der Waals surface area contributed by atoms with Gasteiger partial charge in [-0.05, 0) is 37.0 Å². The normalized spacial score (nSPS) is 25.5. The van der Waals surface area contributed by atoms with Crippen molar-refractivity contribution in [1.82, 2.24) is 0 Å². The highest BCUT2D eigenvalue weighted by atomic mass is 32.1. The summed E-state index contributed by atoms with van der Waals surface area (Å²) in [6.07, 6.45) is 1.33. The second-order valence-electron chi connectivity index (χ2n) is 5.30. The number of benzene rings is 1. The van der Waals surface area contributed by atoms with E-state index in [0.717, 1.165) is 0 Å². The first-order chi connectivity index (χ1) is 8.86. The largest absolute Gasteiger partial charge is 0.392 e. The Morgan fingerprint density at radius 1 is 1.53 bits per heavy atom. The van der Waals surface area contributed by atoms with E-state index in [4.69, 9.17) is 18.0 Å². The molecular weight excluding hydrogens is 263 g/mol. The van der Waals surface area contributed by atoms with Crippen molar-refractivity contribution >= 4 is 28.8 Å². The molecule has 1 amide bonds. The zero-order valence-electron chi connectivity index (χ0n) is 11.0. The molecule has 0 bridgehead atoms. The third-order valence-corrected chi connectivity index (χ3v) is 4.17. The SMILES string of the molecule is CC1CC(C(=O)N(C)c2cccc(F)c2)(C(N)=S)C1. The molecule has 0 spiro atoms. The quantitative estimate of drug-likeness (QED) is 0.865. The van der Waals surface area contributed by atoms with Crippen molar-refractivity contribution in [2.75, 3.05) is 11.9 Å². The van der Waals surface area contributed by atoms with Crippen LogP contribution in [0, 0.1) is 17.2 Å². The maximum atomic E-state index is 13.2. The summed E-state index contributed by atoms with van der Waals surface area (Å²) in [5.74, 6) is -0.0847. The lowest BCUT2D eigenvalue weighted by Crippen LogP contribution is -2.56. The Labute approximate surface area is 117 Å². The van der Waals surface area contributed by atoms with E-state index in [9.17, 15) is 9.18 Å². The van der Waals surface area contributed by atoms with E-state index in [1.54, 1.807) is 19.2 Å². The molecule has 102 valence electrons. The second kappa shape index (κ2) is 4.89. The predicted molar refractivity (Wildman–Crippen MR) is 77.4 cm³/mol. The number of nitrogens with two attached hydrogens (primary N) is 1. The molecule has 1 aliphatic rings. The van der Waals surface area contributed by atoms with Crippen LogP contribution >= 0.6 is 12.2 Å². The summed E-state index contributed by atoms with van der Waals surface area (Å²) in [7, 11) is 1.63. The molecule has 0 unspecified atom stereocenters. The third-order valence-electron chi connectivity index (χ3n) is 3.78. The van der Waals surface area contributed by atoms with Gasteiger partial charge in [0.15, 0.2) is 0 Å². The molecule has 19 heavy (non-hydrogen) atoms. The highest BCUT2D eigenvalue weighted by molar-refractivity contribution is 7.80. The number of rotatable bonds is 3. The van der Waals surface area contributed by atoms with Gasteiger partial charge in [0.2, 0.25) is 5.91 Å². The number of carbonyl (C=O) groups excluding carboxylic acids is 1. The Morgan fingerprint density at radius 2 is 2.16 bits per heavy atom. The number of amides is 1. The molecule has 1 aromatic rings. The average molecular weight is 280 g/mol. The molecule has 0 atom stereocenters. The molecule has 0 aliphatic heterocycles. The monoisotopic (exact) mass is 280 g/mol. The van der Waals surface area contributed by atoms with Crippen LogP contribution in [0.4, 0.5) is 10.1 Å². The Bertz CT molecular complexity index is 526. The van der Waals surface area contributed by atoms with Gasteiger partial charge >= 0.3 is 0 Å². The summed E-state index contributed by atoms with van der Waals surface area (Å²) in [5.41, 5.74) is 5.51. The van der Waals surface area contributed by atoms with E-state index in [1.165, 1.54) is 17.0 Å². The highest BCUT2D eigenvalue weighted by Gasteiger charge is 2.52. The van der Waals surface area contributed by atoms with Crippen LogP contribution in [0.3, 0.4) is 0 Å². The molecule has 2 rings (SSSR count). The van der Waals surface area contributed by atoms with Crippen LogP contribution in [0.5, 0.6) is 0 Å². The topological polar surface area (TPSA) is 46.3 Å². The molecule has 1 fully saturated rings. The Balaban J connectivity index is 2.26. The zero-order chi connectivity index (χ0) is 14.2. The van der Waals surface area contributed by atoms with E-state index in [0.29, 0.717) is 24.4 Å². The molecule has 1 aliphatic carbocycles. The predicted octanol–water partition coefficient (Wildman–Crippen LogP) is 2.49. The number of hydrogen-bond donors (Lipinski definition) is 1. The molecule has 1 saturated carbocycles. The van der Waals surface area contributed by atoms with Gasteiger partial charge in [0.25, 0.3) is 0 Å². The van der Waals surface area contributed by atoms with Crippen LogP contribution in [0.25, 0.3) is 0 Å². The number of nitrogens with zero attached hydrogens (tertiary/aromatic N) is 1. The fraction of sp³-hybridized carbons (Fsp3) is 0.429. The molecule has 1 aromatic carbocycles. The Morgan fingerprint density at radius 3 is 2.63 bits per heavy atom. The van der Waals surface area contributed by atoms with Crippen LogP contribution in [-0.2, 0) is 4.79 Å². The van der Waals surface area contributed by atoms with Gasteiger partial charge < -0.3 is 10.6 Å². The first-order valence-corrected chi connectivity index (χ1v) is 6.61. The first kappa shape index (κ1) is 13.9. The van der Waals surface area contributed by atoms with Gasteiger partial charge in [-0.3, -0.25) is 4.79 Å². The lowest BCUT2D eigenvalue weighted by atomic mass is 9.61. The van der Waals surface area contributed by atoms with Crippen molar-refractivity contribution in [2.45, 2.75) is 19.8 Å². The number of anilines is 1. The van der Waals surface area contributed by atoms with E-state index in [-0.39, 0.29) is 16.7 Å². The van der Waals surface area contributed by atoms with Gasteiger partial charge in [0.1, 0.15) is 5.82 Å². The van der Waals surface area contributed by atoms with E-state index in [1.807, 2.05) is 0 Å². The van der Waals surface area contributed by atoms with E-state index < -0.39 is 5.41 Å². The number of halogens is 1. The fourth-order valence-electron chi connectivity index (χ4n) is 2.73. The molecule has 3 nitrogen and oxygen atoms in total. The van der Waals surface area contributed by atoms with Crippen molar-refractivity contribution < 1.29 is 9.18 Å². The van der Waals surface area contributed by atoms with Crippen LogP contribution in [0.15, 0.2) is 24.3 Å². The summed E-state index contributed by atoms with van der Waals surface area (Å²) in [6.45, 7) is 2.06. The molecule has 0 heterocycles. The highest BCUT2D eigenvalue weighted by Crippen LogP contribution is 2.47. The summed E-state index contributed by atoms with van der Waals surface area (Å²) in [4.78, 5) is 14.3. The van der Waals surface area contributed by atoms with Gasteiger partial charge in [-0.25, -0.2) is 4.39 Å². The van der Waals surface area contributed by atoms with Gasteiger partial charge in [0.05, 0.1) is 10.4 Å². The standard InChI is InChI=1S/C14H17FN2OS/c1-9-7-14(8-9,12(16)19)13(18)17(2)11-5-3-4-10(15)6-11/h3-6,9H,7-8H2,1-2H3,(H2,16,19). The number of carbonyl (C=O) groups is 1. The van der Waals surface area contributed by atoms with Crippen LogP contribution < -0.4 is 10.6 Å². The summed E-state index contributed by atoms with van der Waals surface area (Å²) in [6, 6.07) is 5.94. The molecule has 0 aromatic heterocycles. The van der Waals surface area contributed by atoms with Crippen LogP contribution in [-0.4, -0.2) is 17.9 Å². The Kier molecular flexibility index (Phi) is 3.58. The minimum absolute atomic E-state index is 0.149. The maximum Gasteiger partial charge on any atom is 0.239 e. The maximum absolute atomic E-state index is 13.2. The minimum atomic E-state index is -0.754. The minimum Gasteiger partial charge on any atom is -0.392 e. The van der Waals surface area contributed by atoms with Gasteiger partial charge in [-0.15, -0.1) is 0 Å². The number of thiocarbonyl (C=S) groups is 1. The third kappa shape index (κ3) is 2.34. The van der Waals surface area contributed by atoms with Crippen molar-refractivity contribution in [2.24, 2.45) is 17.1 Å². The average Bonchev–Trinajstić information content (AvgIpc) is 2.32. The zero-order valence-corrected chi connectivity index (χ0v) is 11.8. The smallest absolute Gasteiger partial charge is 0.239 e. The fourth-order valence-corrected chi connectivity index (χ4v) is 2.99. The molecular formula is C14H17FN2OS. The van der Waals surface area contributed by atoms with Crippen LogP contribution in [0.2, 0.25) is 0 Å². The summed E-state index contributed by atoms with van der Waals surface area (Å²) in [5, 5.41) is 0.